The molecule has 0 amide bonds. The molecule has 0 fully saturated rings. The molecule has 74 valence electrons. The number of unbranched alkanes of at least 4 members (excludes halogenated alkanes) is 2. The molecule has 5 heteroatoms. The summed E-state index contributed by atoms with van der Waals surface area (Å²) in [7, 11) is 0. The van der Waals surface area contributed by atoms with Crippen LogP contribution in [-0.4, -0.2) is 20.2 Å². The highest BCUT2D eigenvalue weighted by Crippen LogP contribution is 2.05. The Labute approximate surface area is 78.3 Å². The van der Waals surface area contributed by atoms with Gasteiger partial charge in [0.2, 0.25) is 0 Å². The Kier molecular flexibility index (Phi) is 3.82. The summed E-state index contributed by atoms with van der Waals surface area (Å²) in [5.41, 5.74) is 5.70. The predicted octanol–water partition coefficient (Wildman–Crippen LogP) is 0.883. The largest absolute Gasteiger partial charge is 0.322 e. The van der Waals surface area contributed by atoms with Crippen LogP contribution in [0.1, 0.15) is 45.0 Å². The van der Waals surface area contributed by atoms with E-state index in [9.17, 15) is 0 Å². The number of tetrazole rings is 1. The van der Waals surface area contributed by atoms with Gasteiger partial charge in [-0.15, -0.1) is 5.10 Å². The molecule has 2 N–H and O–H groups in total. The zero-order valence-corrected chi connectivity index (χ0v) is 8.27. The maximum atomic E-state index is 5.70. The molecule has 0 bridgehead atoms. The maximum absolute atomic E-state index is 5.70. The molecule has 1 aromatic heterocycles. The van der Waals surface area contributed by atoms with Crippen molar-refractivity contribution in [2.45, 2.75) is 45.7 Å². The number of aromatic nitrogens is 4. The minimum atomic E-state index is -0.0865. The van der Waals surface area contributed by atoms with E-state index in [4.69, 9.17) is 5.73 Å². The number of nitrogens with zero attached hydrogens (tertiary/aromatic N) is 4. The van der Waals surface area contributed by atoms with Crippen molar-refractivity contribution in [3.63, 3.8) is 0 Å². The lowest BCUT2D eigenvalue weighted by Gasteiger charge is -2.05. The molecule has 0 aliphatic carbocycles. The lowest BCUT2D eigenvalue weighted by molar-refractivity contribution is 0.506. The van der Waals surface area contributed by atoms with Crippen LogP contribution in [0.2, 0.25) is 0 Å². The number of aryl methyl sites for hydroxylation is 1. The fraction of sp³-hybridized carbons (Fsp3) is 0.875. The molecule has 1 rings (SSSR count). The molecule has 1 aromatic rings. The molecule has 0 saturated heterocycles. The first kappa shape index (κ1) is 10.1. The van der Waals surface area contributed by atoms with E-state index in [0.29, 0.717) is 0 Å². The van der Waals surface area contributed by atoms with Crippen molar-refractivity contribution in [2.75, 3.05) is 0 Å². The van der Waals surface area contributed by atoms with Crippen molar-refractivity contribution in [2.24, 2.45) is 5.73 Å². The van der Waals surface area contributed by atoms with E-state index in [1.54, 1.807) is 4.68 Å². The van der Waals surface area contributed by atoms with E-state index < -0.39 is 0 Å². The molecule has 0 spiro atoms. The zero-order chi connectivity index (χ0) is 9.68. The third-order valence-corrected chi connectivity index (χ3v) is 1.94. The summed E-state index contributed by atoms with van der Waals surface area (Å²) in [6, 6.07) is -0.0865. The Morgan fingerprint density at radius 3 is 2.85 bits per heavy atom. The lowest BCUT2D eigenvalue weighted by atomic mass is 10.2. The Bertz CT molecular complexity index is 242. The van der Waals surface area contributed by atoms with Crippen LogP contribution in [0.15, 0.2) is 0 Å². The molecule has 13 heavy (non-hydrogen) atoms. The summed E-state index contributed by atoms with van der Waals surface area (Å²) in [6.45, 7) is 4.94. The summed E-state index contributed by atoms with van der Waals surface area (Å²) in [6.07, 6.45) is 3.52. The number of hydrogen-bond acceptors (Lipinski definition) is 4. The second-order valence-electron chi connectivity index (χ2n) is 3.26. The van der Waals surface area contributed by atoms with E-state index in [0.717, 1.165) is 18.8 Å². The summed E-state index contributed by atoms with van der Waals surface area (Å²) in [5, 5.41) is 11.4. The van der Waals surface area contributed by atoms with Gasteiger partial charge < -0.3 is 5.73 Å². The minimum Gasteiger partial charge on any atom is -0.322 e. The van der Waals surface area contributed by atoms with Gasteiger partial charge in [0, 0.05) is 6.54 Å². The van der Waals surface area contributed by atoms with Gasteiger partial charge in [-0.05, 0) is 23.8 Å². The highest BCUT2D eigenvalue weighted by molar-refractivity contribution is 4.86. The van der Waals surface area contributed by atoms with Crippen LogP contribution < -0.4 is 5.73 Å². The SMILES string of the molecule is CCCCCn1nnnc1C(C)N. The van der Waals surface area contributed by atoms with Gasteiger partial charge in [-0.1, -0.05) is 19.8 Å². The molecule has 1 heterocycles. The van der Waals surface area contributed by atoms with Crippen LogP contribution in [0.25, 0.3) is 0 Å². The topological polar surface area (TPSA) is 69.6 Å². The van der Waals surface area contributed by atoms with Gasteiger partial charge in [-0.25, -0.2) is 4.68 Å². The molecule has 1 unspecified atom stereocenters. The molecular weight excluding hydrogens is 166 g/mol. The molecule has 0 aliphatic rings. The fourth-order valence-electron chi connectivity index (χ4n) is 1.21. The van der Waals surface area contributed by atoms with Gasteiger partial charge in [-0.2, -0.15) is 0 Å². The van der Waals surface area contributed by atoms with Crippen molar-refractivity contribution in [1.29, 1.82) is 0 Å². The van der Waals surface area contributed by atoms with Crippen molar-refractivity contribution < 1.29 is 0 Å². The van der Waals surface area contributed by atoms with Gasteiger partial charge in [0.15, 0.2) is 5.82 Å². The van der Waals surface area contributed by atoms with Crippen LogP contribution in [0.5, 0.6) is 0 Å². The first-order valence-electron chi connectivity index (χ1n) is 4.77. The fourth-order valence-corrected chi connectivity index (χ4v) is 1.21. The number of hydrogen-bond donors (Lipinski definition) is 1. The summed E-state index contributed by atoms with van der Waals surface area (Å²) in [5.74, 6) is 0.774. The van der Waals surface area contributed by atoms with Gasteiger partial charge in [0.05, 0.1) is 6.04 Å². The molecule has 0 radical (unpaired) electrons. The standard InChI is InChI=1S/C8H17N5/c1-3-4-5-6-13-8(7(2)9)10-11-12-13/h7H,3-6,9H2,1-2H3. The maximum Gasteiger partial charge on any atom is 0.167 e. The van der Waals surface area contributed by atoms with Crippen molar-refractivity contribution in [3.05, 3.63) is 5.82 Å². The third-order valence-electron chi connectivity index (χ3n) is 1.94. The van der Waals surface area contributed by atoms with Crippen LogP contribution in [-0.2, 0) is 6.54 Å². The van der Waals surface area contributed by atoms with Gasteiger partial charge in [-0.3, -0.25) is 0 Å². The van der Waals surface area contributed by atoms with Crippen LogP contribution in [0, 0.1) is 0 Å². The molecule has 1 atom stereocenters. The summed E-state index contributed by atoms with van der Waals surface area (Å²) >= 11 is 0. The second-order valence-corrected chi connectivity index (χ2v) is 3.26. The number of nitrogens with two attached hydrogens (primary N) is 1. The monoisotopic (exact) mass is 183 g/mol. The van der Waals surface area contributed by atoms with Crippen molar-refractivity contribution >= 4 is 0 Å². The van der Waals surface area contributed by atoms with E-state index >= 15 is 0 Å². The highest BCUT2D eigenvalue weighted by Gasteiger charge is 2.08. The first-order valence-corrected chi connectivity index (χ1v) is 4.77. The van der Waals surface area contributed by atoms with E-state index in [1.807, 2.05) is 6.92 Å². The van der Waals surface area contributed by atoms with Gasteiger partial charge >= 0.3 is 0 Å². The first-order chi connectivity index (χ1) is 6.25. The lowest BCUT2D eigenvalue weighted by Crippen LogP contribution is -2.14. The Balaban J connectivity index is 2.50. The second kappa shape index (κ2) is 4.91. The van der Waals surface area contributed by atoms with E-state index in [-0.39, 0.29) is 6.04 Å². The van der Waals surface area contributed by atoms with Gasteiger partial charge in [0.1, 0.15) is 0 Å². The number of rotatable bonds is 5. The smallest absolute Gasteiger partial charge is 0.167 e. The zero-order valence-electron chi connectivity index (χ0n) is 8.27. The van der Waals surface area contributed by atoms with Gasteiger partial charge in [0.25, 0.3) is 0 Å². The quantitative estimate of drug-likeness (QED) is 0.688. The summed E-state index contributed by atoms with van der Waals surface area (Å²) < 4.78 is 1.79. The predicted molar refractivity (Wildman–Crippen MR) is 49.9 cm³/mol. The van der Waals surface area contributed by atoms with Crippen LogP contribution in [0.4, 0.5) is 0 Å². The molecule has 0 aliphatic heterocycles. The Morgan fingerprint density at radius 2 is 2.23 bits per heavy atom. The summed E-state index contributed by atoms with van der Waals surface area (Å²) in [4.78, 5) is 0. The van der Waals surface area contributed by atoms with E-state index in [1.165, 1.54) is 12.8 Å². The van der Waals surface area contributed by atoms with Crippen LogP contribution >= 0.6 is 0 Å². The Morgan fingerprint density at radius 1 is 1.46 bits per heavy atom. The molecule has 0 aromatic carbocycles. The molecule has 0 saturated carbocycles. The molecule has 5 nitrogen and oxygen atoms in total. The molecular formula is C8H17N5. The highest BCUT2D eigenvalue weighted by atomic mass is 15.5. The Hall–Kier alpha value is -0.970. The van der Waals surface area contributed by atoms with Crippen molar-refractivity contribution in [3.8, 4) is 0 Å². The third kappa shape index (κ3) is 2.77. The average molecular weight is 183 g/mol. The normalized spacial score (nSPS) is 13.2. The van der Waals surface area contributed by atoms with E-state index in [2.05, 4.69) is 22.4 Å². The van der Waals surface area contributed by atoms with Crippen molar-refractivity contribution in [1.82, 2.24) is 20.2 Å². The average Bonchev–Trinajstić information content (AvgIpc) is 2.53. The minimum absolute atomic E-state index is 0.0865. The van der Waals surface area contributed by atoms with Crippen LogP contribution in [0.3, 0.4) is 0 Å².